The quantitative estimate of drug-likeness (QED) is 0.757. The first kappa shape index (κ1) is 21.3. The number of anilines is 1. The molecule has 0 saturated heterocycles. The summed E-state index contributed by atoms with van der Waals surface area (Å²) in [5, 5.41) is 3.45. The van der Waals surface area contributed by atoms with E-state index in [0.717, 1.165) is 22.9 Å². The summed E-state index contributed by atoms with van der Waals surface area (Å²) >= 11 is 5.87. The van der Waals surface area contributed by atoms with E-state index in [1.165, 1.54) is 4.31 Å². The number of carbonyl (C=O) groups is 1. The van der Waals surface area contributed by atoms with Gasteiger partial charge in [-0.05, 0) is 61.2 Å². The zero-order chi connectivity index (χ0) is 20.2. The summed E-state index contributed by atoms with van der Waals surface area (Å²) in [6, 6.07) is 11.8. The molecule has 1 atom stereocenters. The van der Waals surface area contributed by atoms with Crippen LogP contribution in [0.1, 0.15) is 30.0 Å². The topological polar surface area (TPSA) is 66.5 Å². The molecule has 0 aromatic heterocycles. The van der Waals surface area contributed by atoms with Crippen LogP contribution in [0.2, 0.25) is 5.02 Å². The fourth-order valence-electron chi connectivity index (χ4n) is 3.05. The molecule has 0 fully saturated rings. The van der Waals surface area contributed by atoms with Crippen molar-refractivity contribution in [3.05, 3.63) is 64.2 Å². The van der Waals surface area contributed by atoms with Gasteiger partial charge in [0.1, 0.15) is 6.04 Å². The Morgan fingerprint density at radius 2 is 1.67 bits per heavy atom. The Labute approximate surface area is 166 Å². The normalized spacial score (nSPS) is 12.5. The Bertz CT molecular complexity index is 891. The van der Waals surface area contributed by atoms with E-state index >= 15 is 0 Å². The van der Waals surface area contributed by atoms with E-state index in [-0.39, 0.29) is 5.91 Å². The Kier molecular flexibility index (Phi) is 6.89. The molecule has 0 bridgehead atoms. The number of nitrogens with one attached hydrogen (secondary N) is 1. The number of nitrogens with zero attached hydrogens (tertiary/aromatic N) is 1. The summed E-state index contributed by atoms with van der Waals surface area (Å²) in [7, 11) is -3.64. The van der Waals surface area contributed by atoms with Gasteiger partial charge in [-0.2, -0.15) is 0 Å². The van der Waals surface area contributed by atoms with E-state index in [0.29, 0.717) is 23.7 Å². The van der Waals surface area contributed by atoms with Crippen molar-refractivity contribution in [2.75, 3.05) is 10.6 Å². The van der Waals surface area contributed by atoms with Crippen molar-refractivity contribution in [1.82, 2.24) is 5.32 Å². The van der Waals surface area contributed by atoms with Crippen molar-refractivity contribution in [2.45, 2.75) is 39.8 Å². The largest absolute Gasteiger partial charge is 0.350 e. The van der Waals surface area contributed by atoms with Crippen LogP contribution in [0.25, 0.3) is 0 Å². The number of sulfonamides is 1. The molecule has 0 saturated carbocycles. The maximum absolute atomic E-state index is 12.8. The number of halogens is 1. The van der Waals surface area contributed by atoms with Gasteiger partial charge in [-0.1, -0.05) is 36.7 Å². The SMILES string of the molecule is CC[C@H](C(=O)NCc1ccc(Cl)cc1)N(c1cc(C)cc(C)c1)S(C)(=O)=O. The predicted octanol–water partition coefficient (Wildman–Crippen LogP) is 3.82. The molecule has 0 aliphatic carbocycles. The third-order valence-corrected chi connectivity index (χ3v) is 5.60. The smallest absolute Gasteiger partial charge is 0.244 e. The number of aryl methyl sites for hydroxylation is 2. The van der Waals surface area contributed by atoms with Gasteiger partial charge >= 0.3 is 0 Å². The Morgan fingerprint density at radius 3 is 2.15 bits per heavy atom. The van der Waals surface area contributed by atoms with E-state index in [9.17, 15) is 13.2 Å². The molecule has 146 valence electrons. The van der Waals surface area contributed by atoms with Gasteiger partial charge in [-0.25, -0.2) is 8.42 Å². The molecule has 0 radical (unpaired) electrons. The third kappa shape index (κ3) is 5.71. The minimum Gasteiger partial charge on any atom is -0.350 e. The van der Waals surface area contributed by atoms with Crippen molar-refractivity contribution in [1.29, 1.82) is 0 Å². The molecule has 7 heteroatoms. The van der Waals surface area contributed by atoms with Crippen molar-refractivity contribution < 1.29 is 13.2 Å². The Balaban J connectivity index is 2.28. The highest BCUT2D eigenvalue weighted by Crippen LogP contribution is 2.25. The second kappa shape index (κ2) is 8.76. The van der Waals surface area contributed by atoms with Crippen molar-refractivity contribution in [2.24, 2.45) is 0 Å². The van der Waals surface area contributed by atoms with Gasteiger partial charge in [0.05, 0.1) is 11.9 Å². The lowest BCUT2D eigenvalue weighted by atomic mass is 10.1. The lowest BCUT2D eigenvalue weighted by molar-refractivity contribution is -0.122. The molecule has 1 amide bonds. The highest BCUT2D eigenvalue weighted by atomic mass is 35.5. The predicted molar refractivity (Wildman–Crippen MR) is 111 cm³/mol. The molecule has 27 heavy (non-hydrogen) atoms. The maximum atomic E-state index is 12.8. The summed E-state index contributed by atoms with van der Waals surface area (Å²) in [6.07, 6.45) is 1.48. The van der Waals surface area contributed by atoms with Gasteiger partial charge in [-0.15, -0.1) is 0 Å². The van der Waals surface area contributed by atoms with Crippen LogP contribution in [0.15, 0.2) is 42.5 Å². The van der Waals surface area contributed by atoms with Crippen LogP contribution in [-0.4, -0.2) is 26.6 Å². The number of rotatable bonds is 7. The van der Waals surface area contributed by atoms with Crippen molar-refractivity contribution in [3.8, 4) is 0 Å². The van der Waals surface area contributed by atoms with E-state index in [2.05, 4.69) is 5.32 Å². The molecule has 0 aliphatic heterocycles. The summed E-state index contributed by atoms with van der Waals surface area (Å²) in [4.78, 5) is 12.8. The summed E-state index contributed by atoms with van der Waals surface area (Å²) < 4.78 is 26.2. The van der Waals surface area contributed by atoms with Crippen molar-refractivity contribution in [3.63, 3.8) is 0 Å². The molecule has 0 unspecified atom stereocenters. The molecule has 0 spiro atoms. The minimum atomic E-state index is -3.64. The molecule has 2 aromatic rings. The Morgan fingerprint density at radius 1 is 1.11 bits per heavy atom. The molecule has 2 aromatic carbocycles. The minimum absolute atomic E-state index is 0.303. The molecule has 1 N–H and O–H groups in total. The number of hydrogen-bond donors (Lipinski definition) is 1. The standard InChI is InChI=1S/C20H25ClN2O3S/c1-5-19(20(24)22-13-16-6-8-17(21)9-7-16)23(27(4,25)26)18-11-14(2)10-15(3)12-18/h6-12,19H,5,13H2,1-4H3,(H,22,24)/t19-/m1/s1. The Hall–Kier alpha value is -2.05. The number of benzene rings is 2. The second-order valence-electron chi connectivity index (χ2n) is 6.67. The zero-order valence-electron chi connectivity index (χ0n) is 16.0. The fourth-order valence-corrected chi connectivity index (χ4v) is 4.37. The van der Waals surface area contributed by atoms with Crippen LogP contribution in [0.3, 0.4) is 0 Å². The first-order valence-corrected chi connectivity index (χ1v) is 10.9. The summed E-state index contributed by atoms with van der Waals surface area (Å²) in [5.41, 5.74) is 3.27. The van der Waals surface area contributed by atoms with Crippen LogP contribution >= 0.6 is 11.6 Å². The molecule has 0 aliphatic rings. The number of amides is 1. The van der Waals surface area contributed by atoms with Gasteiger partial charge in [0.25, 0.3) is 0 Å². The highest BCUT2D eigenvalue weighted by Gasteiger charge is 2.31. The van der Waals surface area contributed by atoms with Crippen LogP contribution in [-0.2, 0) is 21.4 Å². The van der Waals surface area contributed by atoms with Gasteiger partial charge in [-0.3, -0.25) is 9.10 Å². The molecule has 0 heterocycles. The molecule has 5 nitrogen and oxygen atoms in total. The average Bonchev–Trinajstić information content (AvgIpc) is 2.56. The number of carbonyl (C=O) groups excluding carboxylic acids is 1. The zero-order valence-corrected chi connectivity index (χ0v) is 17.6. The maximum Gasteiger partial charge on any atom is 0.244 e. The second-order valence-corrected chi connectivity index (χ2v) is 8.97. The fraction of sp³-hybridized carbons (Fsp3) is 0.350. The highest BCUT2D eigenvalue weighted by molar-refractivity contribution is 7.92. The third-order valence-electron chi connectivity index (χ3n) is 4.17. The monoisotopic (exact) mass is 408 g/mol. The van der Waals surface area contributed by atoms with Gasteiger partial charge in [0, 0.05) is 11.6 Å². The van der Waals surface area contributed by atoms with Gasteiger partial charge < -0.3 is 5.32 Å². The molecular formula is C20H25ClN2O3S. The van der Waals surface area contributed by atoms with E-state index in [1.807, 2.05) is 32.0 Å². The molecular weight excluding hydrogens is 384 g/mol. The van der Waals surface area contributed by atoms with Crippen LogP contribution < -0.4 is 9.62 Å². The summed E-state index contributed by atoms with van der Waals surface area (Å²) in [6.45, 7) is 5.90. The van der Waals surface area contributed by atoms with Gasteiger partial charge in [0.15, 0.2) is 0 Å². The van der Waals surface area contributed by atoms with Crippen LogP contribution in [0.4, 0.5) is 5.69 Å². The van der Waals surface area contributed by atoms with Gasteiger partial charge in [0.2, 0.25) is 15.9 Å². The van der Waals surface area contributed by atoms with Crippen LogP contribution in [0, 0.1) is 13.8 Å². The molecule has 2 rings (SSSR count). The number of hydrogen-bond acceptors (Lipinski definition) is 3. The lowest BCUT2D eigenvalue weighted by Gasteiger charge is -2.30. The first-order chi connectivity index (χ1) is 12.6. The summed E-state index contributed by atoms with van der Waals surface area (Å²) in [5.74, 6) is -0.336. The van der Waals surface area contributed by atoms with Crippen molar-refractivity contribution >= 4 is 33.2 Å². The first-order valence-electron chi connectivity index (χ1n) is 8.71. The van der Waals surface area contributed by atoms with E-state index in [4.69, 9.17) is 11.6 Å². The van der Waals surface area contributed by atoms with E-state index in [1.54, 1.807) is 31.2 Å². The average molecular weight is 409 g/mol. The van der Waals surface area contributed by atoms with Crippen LogP contribution in [0.5, 0.6) is 0 Å². The lowest BCUT2D eigenvalue weighted by Crippen LogP contribution is -2.49. The van der Waals surface area contributed by atoms with E-state index < -0.39 is 16.1 Å².